The highest BCUT2D eigenvalue weighted by Gasteiger charge is 2.46. The van der Waals surface area contributed by atoms with Gasteiger partial charge in [0.2, 0.25) is 5.91 Å². The zero-order valence-corrected chi connectivity index (χ0v) is 19.2. The molecule has 1 saturated carbocycles. The van der Waals surface area contributed by atoms with E-state index in [1.54, 1.807) is 0 Å². The van der Waals surface area contributed by atoms with Crippen LogP contribution in [0.15, 0.2) is 54.6 Å². The SMILES string of the molecule is O=C(CCCC=CC[C@H]1[C@H](C=CC(O)C2CCCCC2)[C@@H]2CC[C@H]1O2)Nc1ccccc1. The minimum atomic E-state index is -0.298. The molecule has 2 heterocycles. The van der Waals surface area contributed by atoms with Gasteiger partial charge < -0.3 is 15.2 Å². The molecule has 1 aromatic rings. The van der Waals surface area contributed by atoms with Gasteiger partial charge >= 0.3 is 0 Å². The molecule has 2 aliphatic heterocycles. The highest BCUT2D eigenvalue weighted by Crippen LogP contribution is 2.46. The highest BCUT2D eigenvalue weighted by molar-refractivity contribution is 5.90. The summed E-state index contributed by atoms with van der Waals surface area (Å²) in [6, 6.07) is 9.62. The van der Waals surface area contributed by atoms with E-state index in [1.807, 2.05) is 30.3 Å². The van der Waals surface area contributed by atoms with Gasteiger partial charge in [-0.2, -0.15) is 0 Å². The van der Waals surface area contributed by atoms with Gasteiger partial charge in [0.05, 0.1) is 18.3 Å². The Morgan fingerprint density at radius 1 is 1.06 bits per heavy atom. The molecule has 174 valence electrons. The normalized spacial score (nSPS) is 29.2. The Balaban J connectivity index is 1.19. The lowest BCUT2D eigenvalue weighted by Crippen LogP contribution is -2.26. The van der Waals surface area contributed by atoms with Crippen LogP contribution in [0.25, 0.3) is 0 Å². The molecule has 4 heteroatoms. The van der Waals surface area contributed by atoms with Crippen LogP contribution in [0.1, 0.15) is 70.6 Å². The second-order valence-corrected chi connectivity index (χ2v) is 9.82. The van der Waals surface area contributed by atoms with Crippen molar-refractivity contribution in [1.29, 1.82) is 0 Å². The van der Waals surface area contributed by atoms with Gasteiger partial charge in [-0.3, -0.25) is 4.79 Å². The average molecular weight is 438 g/mol. The van der Waals surface area contributed by atoms with E-state index in [9.17, 15) is 9.90 Å². The van der Waals surface area contributed by atoms with Crippen molar-refractivity contribution in [2.75, 3.05) is 5.32 Å². The smallest absolute Gasteiger partial charge is 0.224 e. The Morgan fingerprint density at radius 3 is 2.66 bits per heavy atom. The largest absolute Gasteiger partial charge is 0.389 e. The summed E-state index contributed by atoms with van der Waals surface area (Å²) in [7, 11) is 0. The van der Waals surface area contributed by atoms with Gasteiger partial charge in [0.1, 0.15) is 0 Å². The quantitative estimate of drug-likeness (QED) is 0.347. The first-order valence-corrected chi connectivity index (χ1v) is 12.7. The van der Waals surface area contributed by atoms with E-state index in [4.69, 9.17) is 4.74 Å². The molecule has 3 fully saturated rings. The first kappa shape index (κ1) is 23.3. The molecule has 1 aromatic carbocycles. The molecule has 2 saturated heterocycles. The van der Waals surface area contributed by atoms with E-state index in [0.717, 1.165) is 44.2 Å². The predicted molar refractivity (Wildman–Crippen MR) is 129 cm³/mol. The van der Waals surface area contributed by atoms with Gasteiger partial charge in [-0.1, -0.05) is 61.8 Å². The summed E-state index contributed by atoms with van der Waals surface area (Å²) in [5, 5.41) is 13.6. The Kier molecular flexibility index (Phi) is 8.58. The van der Waals surface area contributed by atoms with Gasteiger partial charge in [0.25, 0.3) is 0 Å². The van der Waals surface area contributed by atoms with Crippen LogP contribution in [0.2, 0.25) is 0 Å². The van der Waals surface area contributed by atoms with Crippen LogP contribution in [-0.2, 0) is 9.53 Å². The van der Waals surface area contributed by atoms with Crippen molar-refractivity contribution < 1.29 is 14.6 Å². The Labute approximate surface area is 193 Å². The Hall–Kier alpha value is -1.91. The minimum absolute atomic E-state index is 0.0767. The molecule has 2 bridgehead atoms. The molecule has 32 heavy (non-hydrogen) atoms. The van der Waals surface area contributed by atoms with E-state index in [2.05, 4.69) is 29.6 Å². The van der Waals surface area contributed by atoms with Crippen LogP contribution < -0.4 is 5.32 Å². The number of benzene rings is 1. The molecule has 4 rings (SSSR count). The van der Waals surface area contributed by atoms with Crippen molar-refractivity contribution in [3.63, 3.8) is 0 Å². The number of carbonyl (C=O) groups is 1. The maximum atomic E-state index is 12.0. The molecule has 0 spiro atoms. The van der Waals surface area contributed by atoms with Gasteiger partial charge in [-0.15, -0.1) is 0 Å². The summed E-state index contributed by atoms with van der Waals surface area (Å²) < 4.78 is 6.22. The predicted octanol–water partition coefficient (Wildman–Crippen LogP) is 6.03. The van der Waals surface area contributed by atoms with E-state index < -0.39 is 0 Å². The summed E-state index contributed by atoms with van der Waals surface area (Å²) in [4.78, 5) is 12.0. The van der Waals surface area contributed by atoms with Crippen molar-refractivity contribution in [1.82, 2.24) is 0 Å². The van der Waals surface area contributed by atoms with Crippen molar-refractivity contribution >= 4 is 11.6 Å². The maximum absolute atomic E-state index is 12.0. The molecule has 1 aliphatic carbocycles. The zero-order chi connectivity index (χ0) is 22.2. The number of hydrogen-bond donors (Lipinski definition) is 2. The third kappa shape index (κ3) is 6.32. The van der Waals surface area contributed by atoms with E-state index in [-0.39, 0.29) is 12.0 Å². The molecule has 2 N–H and O–H groups in total. The molecule has 0 radical (unpaired) electrons. The first-order chi connectivity index (χ1) is 15.7. The molecule has 1 amide bonds. The first-order valence-electron chi connectivity index (χ1n) is 12.7. The van der Waals surface area contributed by atoms with Crippen LogP contribution in [0.4, 0.5) is 5.69 Å². The number of carbonyl (C=O) groups excluding carboxylic acids is 1. The number of aliphatic hydroxyl groups excluding tert-OH is 1. The van der Waals surface area contributed by atoms with Crippen molar-refractivity contribution in [2.24, 2.45) is 17.8 Å². The van der Waals surface area contributed by atoms with Gasteiger partial charge in [0, 0.05) is 18.0 Å². The van der Waals surface area contributed by atoms with Crippen LogP contribution in [0.3, 0.4) is 0 Å². The van der Waals surface area contributed by atoms with Gasteiger partial charge in [-0.05, 0) is 68.9 Å². The minimum Gasteiger partial charge on any atom is -0.389 e. The third-order valence-corrected chi connectivity index (χ3v) is 7.56. The summed E-state index contributed by atoms with van der Waals surface area (Å²) in [6.07, 6.45) is 21.1. The topological polar surface area (TPSA) is 58.6 Å². The Bertz CT molecular complexity index is 768. The lowest BCUT2D eigenvalue weighted by Gasteiger charge is -2.27. The fourth-order valence-electron chi connectivity index (χ4n) is 5.76. The lowest BCUT2D eigenvalue weighted by atomic mass is 9.76. The van der Waals surface area contributed by atoms with Crippen molar-refractivity contribution in [2.45, 2.75) is 88.9 Å². The molecule has 1 unspecified atom stereocenters. The van der Waals surface area contributed by atoms with Gasteiger partial charge in [0.15, 0.2) is 0 Å². The monoisotopic (exact) mass is 437 g/mol. The number of ether oxygens (including phenoxy) is 1. The molecular formula is C28H39NO3. The summed E-state index contributed by atoms with van der Waals surface area (Å²) >= 11 is 0. The number of para-hydroxylation sites is 1. The van der Waals surface area contributed by atoms with E-state index in [1.165, 1.54) is 25.7 Å². The fraction of sp³-hybridized carbons (Fsp3) is 0.607. The fourth-order valence-corrected chi connectivity index (χ4v) is 5.76. The maximum Gasteiger partial charge on any atom is 0.224 e. The number of hydrogen-bond acceptors (Lipinski definition) is 3. The second-order valence-electron chi connectivity index (χ2n) is 9.82. The van der Waals surface area contributed by atoms with Gasteiger partial charge in [-0.25, -0.2) is 0 Å². The van der Waals surface area contributed by atoms with Crippen LogP contribution in [-0.4, -0.2) is 29.3 Å². The zero-order valence-electron chi connectivity index (χ0n) is 19.2. The third-order valence-electron chi connectivity index (χ3n) is 7.56. The summed E-state index contributed by atoms with van der Waals surface area (Å²) in [5.41, 5.74) is 0.858. The number of unbranched alkanes of at least 4 members (excludes halogenated alkanes) is 1. The van der Waals surface area contributed by atoms with Crippen molar-refractivity contribution in [3.05, 3.63) is 54.6 Å². The number of rotatable bonds is 10. The van der Waals surface area contributed by atoms with Crippen LogP contribution in [0.5, 0.6) is 0 Å². The number of aliphatic hydroxyl groups is 1. The number of fused-ring (bicyclic) bond motifs is 2. The number of allylic oxidation sites excluding steroid dienone is 2. The van der Waals surface area contributed by atoms with E-state index in [0.29, 0.717) is 36.4 Å². The van der Waals surface area contributed by atoms with Crippen LogP contribution >= 0.6 is 0 Å². The molecular weight excluding hydrogens is 398 g/mol. The average Bonchev–Trinajstić information content (AvgIpc) is 3.43. The molecule has 4 nitrogen and oxygen atoms in total. The standard InChI is InChI=1S/C28H39NO3/c30-25(21-11-5-3-6-12-21)18-17-24-23(26-19-20-27(24)32-26)15-9-1-2-10-16-28(31)29-22-13-7-4-8-14-22/h1,4,7-9,13-14,17-18,21,23-27,30H,2-3,5-6,10-12,15-16,19-20H2,(H,29,31)/t23-,24-,25?,26+,27-/m0/s1. The Morgan fingerprint density at radius 2 is 1.84 bits per heavy atom. The van der Waals surface area contributed by atoms with Crippen molar-refractivity contribution in [3.8, 4) is 0 Å². The lowest BCUT2D eigenvalue weighted by molar-refractivity contribution is -0.116. The number of nitrogens with one attached hydrogen (secondary N) is 1. The van der Waals surface area contributed by atoms with Crippen LogP contribution in [0, 0.1) is 17.8 Å². The second kappa shape index (κ2) is 11.8. The highest BCUT2D eigenvalue weighted by atomic mass is 16.5. The summed E-state index contributed by atoms with van der Waals surface area (Å²) in [5.74, 6) is 1.46. The molecule has 5 atom stereocenters. The summed E-state index contributed by atoms with van der Waals surface area (Å²) in [6.45, 7) is 0. The molecule has 0 aromatic heterocycles. The molecule has 3 aliphatic rings. The number of anilines is 1. The van der Waals surface area contributed by atoms with E-state index >= 15 is 0 Å². The number of amides is 1.